The van der Waals surface area contributed by atoms with E-state index in [0.29, 0.717) is 16.1 Å². The van der Waals surface area contributed by atoms with Gasteiger partial charge in [0.05, 0.1) is 17.7 Å². The van der Waals surface area contributed by atoms with Gasteiger partial charge in [-0.25, -0.2) is 9.59 Å². The van der Waals surface area contributed by atoms with Gasteiger partial charge >= 0.3 is 11.9 Å². The van der Waals surface area contributed by atoms with Gasteiger partial charge in [0.1, 0.15) is 16.6 Å². The summed E-state index contributed by atoms with van der Waals surface area (Å²) < 4.78 is 5.05. The van der Waals surface area contributed by atoms with Crippen LogP contribution in [0.5, 0.6) is 0 Å². The number of amides is 1. The van der Waals surface area contributed by atoms with E-state index < -0.39 is 17.8 Å². The second-order valence-corrected chi connectivity index (χ2v) is 6.98. The summed E-state index contributed by atoms with van der Waals surface area (Å²) in [5.74, 6) is -2.27. The van der Waals surface area contributed by atoms with Crippen molar-refractivity contribution in [3.63, 3.8) is 0 Å². The predicted molar refractivity (Wildman–Crippen MR) is 105 cm³/mol. The molecule has 0 aliphatic carbocycles. The molecule has 1 amide bonds. The minimum absolute atomic E-state index is 0.101. The third-order valence-electron chi connectivity index (χ3n) is 3.93. The summed E-state index contributed by atoms with van der Waals surface area (Å²) in [6.07, 6.45) is 1.35. The highest BCUT2D eigenvalue weighted by Gasteiger charge is 2.23. The number of esters is 1. The van der Waals surface area contributed by atoms with Crippen LogP contribution < -0.4 is 5.32 Å². The van der Waals surface area contributed by atoms with E-state index in [1.807, 2.05) is 13.0 Å². The maximum absolute atomic E-state index is 12.5. The summed E-state index contributed by atoms with van der Waals surface area (Å²) >= 11 is 1.23. The van der Waals surface area contributed by atoms with E-state index >= 15 is 0 Å². The molecule has 7 nitrogen and oxygen atoms in total. The molecule has 0 bridgehead atoms. The van der Waals surface area contributed by atoms with E-state index in [9.17, 15) is 19.6 Å². The Morgan fingerprint density at radius 2 is 1.89 bits per heavy atom. The van der Waals surface area contributed by atoms with Crippen molar-refractivity contribution in [2.45, 2.75) is 20.8 Å². The van der Waals surface area contributed by atoms with Gasteiger partial charge in [-0.3, -0.25) is 4.79 Å². The summed E-state index contributed by atoms with van der Waals surface area (Å²) in [4.78, 5) is 36.5. The number of hydrogen-bond acceptors (Lipinski definition) is 6. The highest BCUT2D eigenvalue weighted by atomic mass is 32.1. The molecule has 1 aromatic carbocycles. The maximum Gasteiger partial charge on any atom is 0.341 e. The van der Waals surface area contributed by atoms with E-state index in [1.165, 1.54) is 41.7 Å². The van der Waals surface area contributed by atoms with Gasteiger partial charge in [0.25, 0.3) is 5.91 Å². The molecule has 28 heavy (non-hydrogen) atoms. The number of nitriles is 1. The fourth-order valence-electron chi connectivity index (χ4n) is 2.37. The first kappa shape index (κ1) is 20.9. The average molecular weight is 398 g/mol. The normalized spacial score (nSPS) is 10.9. The number of nitrogens with zero attached hydrogens (tertiary/aromatic N) is 1. The van der Waals surface area contributed by atoms with Gasteiger partial charge in [0.2, 0.25) is 0 Å². The fourth-order valence-corrected chi connectivity index (χ4v) is 3.42. The third-order valence-corrected chi connectivity index (χ3v) is 5.05. The maximum atomic E-state index is 12.5. The molecular weight excluding hydrogens is 380 g/mol. The van der Waals surface area contributed by atoms with E-state index in [1.54, 1.807) is 13.8 Å². The molecule has 0 atom stereocenters. The molecule has 0 saturated carbocycles. The largest absolute Gasteiger partial charge is 0.478 e. The lowest BCUT2D eigenvalue weighted by Gasteiger charge is -2.07. The summed E-state index contributed by atoms with van der Waals surface area (Å²) in [6.45, 7) is 5.48. The Labute approximate surface area is 165 Å². The number of ether oxygens (including phenoxy) is 1. The van der Waals surface area contributed by atoms with E-state index in [-0.39, 0.29) is 23.3 Å². The summed E-state index contributed by atoms with van der Waals surface area (Å²) in [6, 6.07) is 7.58. The number of benzene rings is 1. The molecule has 0 spiro atoms. The molecule has 1 heterocycles. The smallest absolute Gasteiger partial charge is 0.341 e. The number of nitrogens with one attached hydrogen (secondary N) is 1. The quantitative estimate of drug-likeness (QED) is 0.434. The Bertz CT molecular complexity index is 997. The number of aryl methyl sites for hydroxylation is 1. The summed E-state index contributed by atoms with van der Waals surface area (Å²) in [7, 11) is 0. The highest BCUT2D eigenvalue weighted by Crippen LogP contribution is 2.33. The van der Waals surface area contributed by atoms with Crippen LogP contribution in [0.15, 0.2) is 29.8 Å². The van der Waals surface area contributed by atoms with Crippen molar-refractivity contribution < 1.29 is 24.2 Å². The van der Waals surface area contributed by atoms with Crippen molar-refractivity contribution in [3.05, 3.63) is 57.0 Å². The van der Waals surface area contributed by atoms with Crippen LogP contribution in [-0.2, 0) is 9.53 Å². The van der Waals surface area contributed by atoms with Gasteiger partial charge in [-0.1, -0.05) is 12.1 Å². The zero-order valence-electron chi connectivity index (χ0n) is 15.5. The van der Waals surface area contributed by atoms with Crippen LogP contribution in [0.1, 0.15) is 43.6 Å². The molecule has 0 fully saturated rings. The monoisotopic (exact) mass is 398 g/mol. The fraction of sp³-hybridized carbons (Fsp3) is 0.200. The Hall–Kier alpha value is -3.44. The molecule has 0 unspecified atom stereocenters. The first-order valence-corrected chi connectivity index (χ1v) is 9.13. The van der Waals surface area contributed by atoms with E-state index in [2.05, 4.69) is 5.32 Å². The molecule has 0 aliphatic heterocycles. The standard InChI is InChI=1S/C20H18N2O5S/c1-4-27-20(26)16-11(2)12(3)28-18(16)22-17(23)15(10-21)9-13-5-7-14(8-6-13)19(24)25/h5-9H,4H2,1-3H3,(H,22,23)(H,24,25). The molecule has 144 valence electrons. The van der Waals surface area contributed by atoms with Crippen LogP contribution in [0.25, 0.3) is 6.08 Å². The molecule has 2 rings (SSSR count). The lowest BCUT2D eigenvalue weighted by molar-refractivity contribution is -0.112. The Balaban J connectivity index is 2.30. The third kappa shape index (κ3) is 4.64. The van der Waals surface area contributed by atoms with E-state index in [4.69, 9.17) is 9.84 Å². The van der Waals surface area contributed by atoms with Gasteiger partial charge in [0.15, 0.2) is 0 Å². The van der Waals surface area contributed by atoms with Gasteiger partial charge in [-0.05, 0) is 50.1 Å². The Morgan fingerprint density at radius 3 is 2.43 bits per heavy atom. The number of carboxylic acid groups (broad SMARTS) is 1. The van der Waals surface area contributed by atoms with Gasteiger partial charge < -0.3 is 15.2 Å². The van der Waals surface area contributed by atoms with Crippen molar-refractivity contribution in [1.29, 1.82) is 5.26 Å². The first-order chi connectivity index (χ1) is 13.3. The Morgan fingerprint density at radius 1 is 1.25 bits per heavy atom. The number of anilines is 1. The number of rotatable bonds is 6. The van der Waals surface area contributed by atoms with Crippen molar-refractivity contribution >= 4 is 40.3 Å². The zero-order chi connectivity index (χ0) is 20.8. The van der Waals surface area contributed by atoms with Crippen molar-refractivity contribution in [2.75, 3.05) is 11.9 Å². The molecular formula is C20H18N2O5S. The Kier molecular flexibility index (Phi) is 6.69. The van der Waals surface area contributed by atoms with Crippen molar-refractivity contribution in [2.24, 2.45) is 0 Å². The van der Waals surface area contributed by atoms with Crippen LogP contribution in [0, 0.1) is 25.2 Å². The van der Waals surface area contributed by atoms with Crippen LogP contribution in [0.2, 0.25) is 0 Å². The number of carbonyl (C=O) groups is 3. The van der Waals surface area contributed by atoms with Gasteiger partial charge in [-0.15, -0.1) is 11.3 Å². The minimum atomic E-state index is -1.07. The van der Waals surface area contributed by atoms with Crippen LogP contribution in [0.3, 0.4) is 0 Å². The lowest BCUT2D eigenvalue weighted by atomic mass is 10.1. The van der Waals surface area contributed by atoms with Crippen LogP contribution in [-0.4, -0.2) is 29.6 Å². The van der Waals surface area contributed by atoms with Crippen LogP contribution >= 0.6 is 11.3 Å². The van der Waals surface area contributed by atoms with Crippen LogP contribution in [0.4, 0.5) is 5.00 Å². The summed E-state index contributed by atoms with van der Waals surface area (Å²) in [5.41, 5.74) is 1.41. The van der Waals surface area contributed by atoms with Gasteiger partial charge in [0, 0.05) is 4.88 Å². The molecule has 0 saturated heterocycles. The highest BCUT2D eigenvalue weighted by molar-refractivity contribution is 7.16. The SMILES string of the molecule is CCOC(=O)c1c(NC(=O)C(C#N)=Cc2ccc(C(=O)O)cc2)sc(C)c1C. The molecule has 2 aromatic rings. The number of aromatic carboxylic acids is 1. The molecule has 0 aliphatic rings. The molecule has 8 heteroatoms. The number of carboxylic acids is 1. The second kappa shape index (κ2) is 8.97. The number of carbonyl (C=O) groups excluding carboxylic acids is 2. The predicted octanol–water partition coefficient (Wildman–Crippen LogP) is 3.79. The molecule has 0 radical (unpaired) electrons. The van der Waals surface area contributed by atoms with E-state index in [0.717, 1.165) is 4.88 Å². The second-order valence-electron chi connectivity index (χ2n) is 5.76. The van der Waals surface area contributed by atoms with Gasteiger partial charge in [-0.2, -0.15) is 5.26 Å². The lowest BCUT2D eigenvalue weighted by Crippen LogP contribution is -2.16. The number of hydrogen-bond donors (Lipinski definition) is 2. The zero-order valence-corrected chi connectivity index (χ0v) is 16.3. The minimum Gasteiger partial charge on any atom is -0.478 e. The number of thiophene rings is 1. The van der Waals surface area contributed by atoms with Crippen molar-refractivity contribution in [1.82, 2.24) is 0 Å². The van der Waals surface area contributed by atoms with Crippen molar-refractivity contribution in [3.8, 4) is 6.07 Å². The summed E-state index contributed by atoms with van der Waals surface area (Å²) in [5, 5.41) is 21.2. The molecule has 2 N–H and O–H groups in total. The topological polar surface area (TPSA) is 116 Å². The average Bonchev–Trinajstić information content (AvgIpc) is 2.93. The molecule has 1 aromatic heterocycles. The first-order valence-electron chi connectivity index (χ1n) is 8.32.